The fourth-order valence-electron chi connectivity index (χ4n) is 2.59. The SMILES string of the molecule is O=C(CO)c1ccc(C(=O)N/N=C/c2ccc(-c3ccccc3)c(F)c2)cc1. The van der Waals surface area contributed by atoms with Crippen LogP contribution in [-0.2, 0) is 0 Å². The van der Waals surface area contributed by atoms with Crippen LogP contribution in [0, 0.1) is 5.82 Å². The fourth-order valence-corrected chi connectivity index (χ4v) is 2.59. The number of hydrogen-bond donors (Lipinski definition) is 2. The zero-order valence-corrected chi connectivity index (χ0v) is 14.8. The van der Waals surface area contributed by atoms with Crippen molar-refractivity contribution in [3.05, 3.63) is 95.3 Å². The van der Waals surface area contributed by atoms with E-state index in [1.165, 1.54) is 36.5 Å². The Balaban J connectivity index is 1.65. The summed E-state index contributed by atoms with van der Waals surface area (Å²) in [6, 6.07) is 19.7. The number of nitrogens with zero attached hydrogens (tertiary/aromatic N) is 1. The van der Waals surface area contributed by atoms with Gasteiger partial charge in [0.25, 0.3) is 5.91 Å². The molecule has 28 heavy (non-hydrogen) atoms. The van der Waals surface area contributed by atoms with Crippen molar-refractivity contribution in [2.45, 2.75) is 0 Å². The van der Waals surface area contributed by atoms with Crippen LogP contribution in [0.25, 0.3) is 11.1 Å². The summed E-state index contributed by atoms with van der Waals surface area (Å²) in [7, 11) is 0. The van der Waals surface area contributed by atoms with E-state index in [9.17, 15) is 14.0 Å². The summed E-state index contributed by atoms with van der Waals surface area (Å²) >= 11 is 0. The predicted molar refractivity (Wildman–Crippen MR) is 105 cm³/mol. The minimum atomic E-state index is -0.588. The maximum Gasteiger partial charge on any atom is 0.271 e. The Kier molecular flexibility index (Phi) is 6.04. The van der Waals surface area contributed by atoms with Gasteiger partial charge in [-0.1, -0.05) is 54.6 Å². The van der Waals surface area contributed by atoms with E-state index in [0.29, 0.717) is 22.3 Å². The maximum absolute atomic E-state index is 14.3. The lowest BCUT2D eigenvalue weighted by Crippen LogP contribution is -2.17. The average molecular weight is 376 g/mol. The molecule has 3 rings (SSSR count). The quantitative estimate of drug-likeness (QED) is 0.393. The van der Waals surface area contributed by atoms with Crippen molar-refractivity contribution >= 4 is 17.9 Å². The molecule has 6 heteroatoms. The molecule has 0 fully saturated rings. The molecule has 0 unspecified atom stereocenters. The van der Waals surface area contributed by atoms with Crippen molar-refractivity contribution in [1.29, 1.82) is 0 Å². The van der Waals surface area contributed by atoms with Crippen molar-refractivity contribution in [1.82, 2.24) is 5.43 Å². The van der Waals surface area contributed by atoms with Crippen molar-refractivity contribution in [3.8, 4) is 11.1 Å². The van der Waals surface area contributed by atoms with Gasteiger partial charge in [0, 0.05) is 16.7 Å². The standard InChI is InChI=1S/C22H17FN2O3/c23-20-12-15(6-11-19(20)16-4-2-1-3-5-16)13-24-25-22(28)18-9-7-17(8-10-18)21(27)14-26/h1-13,26H,14H2,(H,25,28)/b24-13+. The van der Waals surface area contributed by atoms with Gasteiger partial charge in [-0.25, -0.2) is 9.82 Å². The molecule has 3 aromatic carbocycles. The molecule has 3 aromatic rings. The Labute approximate surface area is 161 Å². The zero-order valence-electron chi connectivity index (χ0n) is 14.8. The first-order valence-electron chi connectivity index (χ1n) is 8.51. The van der Waals surface area contributed by atoms with Crippen LogP contribution in [0.3, 0.4) is 0 Å². The molecule has 140 valence electrons. The number of carbonyl (C=O) groups excluding carboxylic acids is 2. The van der Waals surface area contributed by atoms with Crippen LogP contribution in [0.15, 0.2) is 77.9 Å². The average Bonchev–Trinajstić information content (AvgIpc) is 2.74. The zero-order chi connectivity index (χ0) is 19.9. The molecule has 0 aromatic heterocycles. The highest BCUT2D eigenvalue weighted by molar-refractivity contribution is 5.99. The largest absolute Gasteiger partial charge is 0.388 e. The van der Waals surface area contributed by atoms with Gasteiger partial charge < -0.3 is 5.11 Å². The van der Waals surface area contributed by atoms with Gasteiger partial charge in [0.05, 0.1) is 6.21 Å². The number of halogens is 1. The molecular weight excluding hydrogens is 359 g/mol. The summed E-state index contributed by atoms with van der Waals surface area (Å²) in [4.78, 5) is 23.4. The van der Waals surface area contributed by atoms with E-state index < -0.39 is 18.3 Å². The number of benzene rings is 3. The number of carbonyl (C=O) groups is 2. The number of hydrogen-bond acceptors (Lipinski definition) is 4. The summed E-state index contributed by atoms with van der Waals surface area (Å²) < 4.78 is 14.3. The Morgan fingerprint density at radius 1 is 0.964 bits per heavy atom. The summed E-state index contributed by atoms with van der Waals surface area (Å²) in [5, 5.41) is 12.7. The molecule has 0 saturated carbocycles. The maximum atomic E-state index is 14.3. The van der Waals surface area contributed by atoms with Crippen LogP contribution < -0.4 is 5.43 Å². The lowest BCUT2D eigenvalue weighted by atomic mass is 10.0. The van der Waals surface area contributed by atoms with Crippen LogP contribution in [0.5, 0.6) is 0 Å². The molecule has 0 aliphatic rings. The number of aliphatic hydroxyl groups excluding tert-OH is 1. The Morgan fingerprint density at radius 2 is 1.64 bits per heavy atom. The molecule has 0 atom stereocenters. The van der Waals surface area contributed by atoms with Gasteiger partial charge in [-0.05, 0) is 29.3 Å². The number of hydrazone groups is 1. The van der Waals surface area contributed by atoms with Crippen molar-refractivity contribution in [2.75, 3.05) is 6.61 Å². The number of nitrogens with one attached hydrogen (secondary N) is 1. The van der Waals surface area contributed by atoms with Gasteiger partial charge >= 0.3 is 0 Å². The third-order valence-electron chi connectivity index (χ3n) is 4.07. The third kappa shape index (κ3) is 4.55. The summed E-state index contributed by atoms with van der Waals surface area (Å²) in [5.74, 6) is -1.28. The molecule has 0 aliphatic heterocycles. The highest BCUT2D eigenvalue weighted by Crippen LogP contribution is 2.22. The number of amides is 1. The van der Waals surface area contributed by atoms with Crippen LogP contribution in [0.4, 0.5) is 4.39 Å². The van der Waals surface area contributed by atoms with E-state index in [1.807, 2.05) is 30.3 Å². The minimum absolute atomic E-state index is 0.303. The smallest absolute Gasteiger partial charge is 0.271 e. The van der Waals surface area contributed by atoms with E-state index in [0.717, 1.165) is 5.56 Å². The topological polar surface area (TPSA) is 78.8 Å². The molecule has 0 aliphatic carbocycles. The van der Waals surface area contributed by atoms with Crippen LogP contribution in [0.1, 0.15) is 26.3 Å². The van der Waals surface area contributed by atoms with E-state index in [4.69, 9.17) is 5.11 Å². The second-order valence-corrected chi connectivity index (χ2v) is 5.96. The number of ketones is 1. The van der Waals surface area contributed by atoms with Crippen LogP contribution >= 0.6 is 0 Å². The van der Waals surface area contributed by atoms with Crippen molar-refractivity contribution < 1.29 is 19.1 Å². The van der Waals surface area contributed by atoms with Gasteiger partial charge in [0.2, 0.25) is 0 Å². The number of aliphatic hydroxyl groups is 1. The fraction of sp³-hybridized carbons (Fsp3) is 0.0455. The normalized spacial score (nSPS) is 10.8. The molecule has 0 saturated heterocycles. The molecular formula is C22H17FN2O3. The second-order valence-electron chi connectivity index (χ2n) is 5.96. The molecule has 0 heterocycles. The van der Waals surface area contributed by atoms with E-state index in [1.54, 1.807) is 12.1 Å². The summed E-state index contributed by atoms with van der Waals surface area (Å²) in [6.07, 6.45) is 1.35. The molecule has 2 N–H and O–H groups in total. The lowest BCUT2D eigenvalue weighted by Gasteiger charge is -2.04. The Hall–Kier alpha value is -3.64. The van der Waals surface area contributed by atoms with E-state index in [-0.39, 0.29) is 5.82 Å². The first-order chi connectivity index (χ1) is 13.6. The minimum Gasteiger partial charge on any atom is -0.388 e. The molecule has 0 bridgehead atoms. The number of Topliss-reactive ketones (excluding diaryl/α,β-unsaturated/α-hetero) is 1. The van der Waals surface area contributed by atoms with Gasteiger partial charge in [-0.3, -0.25) is 9.59 Å². The van der Waals surface area contributed by atoms with Crippen molar-refractivity contribution in [2.24, 2.45) is 5.10 Å². The van der Waals surface area contributed by atoms with Gasteiger partial charge in [-0.2, -0.15) is 5.10 Å². The molecule has 5 nitrogen and oxygen atoms in total. The van der Waals surface area contributed by atoms with E-state index in [2.05, 4.69) is 10.5 Å². The van der Waals surface area contributed by atoms with Gasteiger partial charge in [0.15, 0.2) is 5.78 Å². The highest BCUT2D eigenvalue weighted by Gasteiger charge is 2.08. The van der Waals surface area contributed by atoms with Crippen molar-refractivity contribution in [3.63, 3.8) is 0 Å². The Morgan fingerprint density at radius 3 is 2.29 bits per heavy atom. The van der Waals surface area contributed by atoms with Crippen LogP contribution in [0.2, 0.25) is 0 Å². The molecule has 1 amide bonds. The lowest BCUT2D eigenvalue weighted by molar-refractivity contribution is 0.0901. The van der Waals surface area contributed by atoms with Gasteiger partial charge in [-0.15, -0.1) is 0 Å². The van der Waals surface area contributed by atoms with Gasteiger partial charge in [0.1, 0.15) is 12.4 Å². The Bertz CT molecular complexity index is 1020. The summed E-state index contributed by atoms with van der Waals surface area (Å²) in [5.41, 5.74) is 4.73. The number of rotatable bonds is 6. The molecule has 0 radical (unpaired) electrons. The highest BCUT2D eigenvalue weighted by atomic mass is 19.1. The monoisotopic (exact) mass is 376 g/mol. The van der Waals surface area contributed by atoms with Crippen LogP contribution in [-0.4, -0.2) is 29.6 Å². The summed E-state index contributed by atoms with van der Waals surface area (Å²) in [6.45, 7) is -0.588. The third-order valence-corrected chi connectivity index (χ3v) is 4.07. The first-order valence-corrected chi connectivity index (χ1v) is 8.51. The predicted octanol–water partition coefficient (Wildman–Crippen LogP) is 3.43. The van der Waals surface area contributed by atoms with E-state index >= 15 is 0 Å². The second kappa shape index (κ2) is 8.83. The molecule has 0 spiro atoms. The first kappa shape index (κ1) is 19.1.